The summed E-state index contributed by atoms with van der Waals surface area (Å²) in [5.41, 5.74) is 2.64. The van der Waals surface area contributed by atoms with Gasteiger partial charge in [0.15, 0.2) is 0 Å². The summed E-state index contributed by atoms with van der Waals surface area (Å²) in [6.07, 6.45) is 0.781. The van der Waals surface area contributed by atoms with Gasteiger partial charge < -0.3 is 9.47 Å². The lowest BCUT2D eigenvalue weighted by atomic mass is 9.96. The number of hydrogen-bond acceptors (Lipinski definition) is 3. The number of hydrogen-bond donors (Lipinski definition) is 0. The normalized spacial score (nSPS) is 25.9. The average molecular weight is 390 g/mol. The minimum absolute atomic E-state index is 0.0909. The van der Waals surface area contributed by atoms with E-state index >= 15 is 0 Å². The van der Waals surface area contributed by atoms with Gasteiger partial charge in [0.05, 0.1) is 17.0 Å². The van der Waals surface area contributed by atoms with Crippen LogP contribution < -0.4 is 4.74 Å². The van der Waals surface area contributed by atoms with Crippen molar-refractivity contribution in [3.05, 3.63) is 28.8 Å². The molecule has 5 heteroatoms. The molecular formula is C14H14Br2O3. The SMILES string of the molecule is CCc1ccc2c(c1C(=O)OC)OC[C@@H]1[C@H]2C1(Br)Br. The van der Waals surface area contributed by atoms with Crippen molar-refractivity contribution in [1.29, 1.82) is 0 Å². The molecule has 0 amide bonds. The molecule has 0 radical (unpaired) electrons. The third kappa shape index (κ3) is 1.85. The quantitative estimate of drug-likeness (QED) is 0.572. The maximum Gasteiger partial charge on any atom is 0.341 e. The summed E-state index contributed by atoms with van der Waals surface area (Å²) in [6, 6.07) is 4.08. The second kappa shape index (κ2) is 4.48. The summed E-state index contributed by atoms with van der Waals surface area (Å²) in [5.74, 6) is 1.15. The van der Waals surface area contributed by atoms with E-state index in [1.807, 2.05) is 13.0 Å². The van der Waals surface area contributed by atoms with Crippen LogP contribution in [-0.2, 0) is 11.2 Å². The van der Waals surface area contributed by atoms with Crippen LogP contribution in [0.1, 0.15) is 34.3 Å². The Hall–Kier alpha value is -0.550. The molecular weight excluding hydrogens is 376 g/mol. The van der Waals surface area contributed by atoms with Gasteiger partial charge in [-0.15, -0.1) is 0 Å². The number of halogens is 2. The number of benzene rings is 1. The molecule has 2 atom stereocenters. The number of methoxy groups -OCH3 is 1. The summed E-state index contributed by atoms with van der Waals surface area (Å²) in [6.45, 7) is 2.64. The molecule has 1 aliphatic heterocycles. The summed E-state index contributed by atoms with van der Waals surface area (Å²) in [5, 5.41) is 0. The van der Waals surface area contributed by atoms with Crippen molar-refractivity contribution in [3.8, 4) is 5.75 Å². The maximum absolute atomic E-state index is 12.0. The molecule has 0 bridgehead atoms. The number of esters is 1. The van der Waals surface area contributed by atoms with Crippen LogP contribution >= 0.6 is 31.9 Å². The van der Waals surface area contributed by atoms with Crippen LogP contribution in [0.2, 0.25) is 0 Å². The second-order valence-corrected chi connectivity index (χ2v) is 8.62. The molecule has 3 nitrogen and oxygen atoms in total. The van der Waals surface area contributed by atoms with Crippen LogP contribution in [0.25, 0.3) is 0 Å². The lowest BCUT2D eigenvalue weighted by Gasteiger charge is -2.20. The predicted octanol–water partition coefficient (Wildman–Crippen LogP) is 3.63. The minimum Gasteiger partial charge on any atom is -0.492 e. The van der Waals surface area contributed by atoms with Gasteiger partial charge in [-0.1, -0.05) is 50.9 Å². The minimum atomic E-state index is -0.317. The van der Waals surface area contributed by atoms with Gasteiger partial charge in [0, 0.05) is 17.4 Å². The molecule has 19 heavy (non-hydrogen) atoms. The smallest absolute Gasteiger partial charge is 0.341 e. The highest BCUT2D eigenvalue weighted by molar-refractivity contribution is 9.25. The van der Waals surface area contributed by atoms with E-state index in [0.717, 1.165) is 17.5 Å². The Kier molecular flexibility index (Phi) is 3.17. The molecule has 1 fully saturated rings. The Bertz CT molecular complexity index is 554. The first-order valence-electron chi connectivity index (χ1n) is 6.27. The van der Waals surface area contributed by atoms with E-state index in [2.05, 4.69) is 37.9 Å². The topological polar surface area (TPSA) is 35.5 Å². The Labute approximate surface area is 128 Å². The van der Waals surface area contributed by atoms with E-state index in [1.54, 1.807) is 0 Å². The molecule has 1 heterocycles. The third-order valence-corrected chi connectivity index (χ3v) is 6.15. The zero-order chi connectivity index (χ0) is 13.8. The molecule has 0 saturated heterocycles. The first-order chi connectivity index (χ1) is 9.02. The fourth-order valence-corrected chi connectivity index (χ4v) is 4.52. The molecule has 3 rings (SSSR count). The average Bonchev–Trinajstić information content (AvgIpc) is 2.99. The monoisotopic (exact) mass is 388 g/mol. The van der Waals surface area contributed by atoms with E-state index in [9.17, 15) is 4.79 Å². The van der Waals surface area contributed by atoms with Crippen molar-refractivity contribution in [3.63, 3.8) is 0 Å². The summed E-state index contributed by atoms with van der Waals surface area (Å²) in [4.78, 5) is 12.0. The lowest BCUT2D eigenvalue weighted by molar-refractivity contribution is 0.0593. The molecule has 0 N–H and O–H groups in total. The van der Waals surface area contributed by atoms with Crippen LogP contribution in [0.15, 0.2) is 12.1 Å². The number of rotatable bonds is 2. The van der Waals surface area contributed by atoms with Crippen LogP contribution in [0.3, 0.4) is 0 Å². The zero-order valence-corrected chi connectivity index (χ0v) is 13.9. The maximum atomic E-state index is 12.0. The van der Waals surface area contributed by atoms with Crippen molar-refractivity contribution < 1.29 is 14.3 Å². The highest BCUT2D eigenvalue weighted by Gasteiger charge is 2.65. The molecule has 1 aliphatic carbocycles. The third-order valence-electron chi connectivity index (χ3n) is 3.99. The Morgan fingerprint density at radius 2 is 2.26 bits per heavy atom. The van der Waals surface area contributed by atoms with Gasteiger partial charge in [0.1, 0.15) is 11.3 Å². The molecule has 1 aromatic rings. The van der Waals surface area contributed by atoms with E-state index in [4.69, 9.17) is 9.47 Å². The Morgan fingerprint density at radius 1 is 1.53 bits per heavy atom. The van der Waals surface area contributed by atoms with E-state index in [1.165, 1.54) is 7.11 Å². The Morgan fingerprint density at radius 3 is 2.89 bits per heavy atom. The highest BCUT2D eigenvalue weighted by Crippen LogP contribution is 2.70. The molecule has 0 unspecified atom stereocenters. The number of fused-ring (bicyclic) bond motifs is 3. The van der Waals surface area contributed by atoms with Crippen LogP contribution in [-0.4, -0.2) is 22.9 Å². The number of ether oxygens (including phenoxy) is 2. The fourth-order valence-electron chi connectivity index (χ4n) is 2.86. The lowest BCUT2D eigenvalue weighted by Crippen LogP contribution is -2.15. The molecule has 0 aromatic heterocycles. The zero-order valence-electron chi connectivity index (χ0n) is 10.7. The van der Waals surface area contributed by atoms with Crippen molar-refractivity contribution >= 4 is 37.8 Å². The molecule has 0 spiro atoms. The van der Waals surface area contributed by atoms with E-state index in [0.29, 0.717) is 29.8 Å². The van der Waals surface area contributed by atoms with Gasteiger partial charge in [-0.3, -0.25) is 0 Å². The molecule has 102 valence electrons. The summed E-state index contributed by atoms with van der Waals surface area (Å²) < 4.78 is 10.7. The molecule has 2 aliphatic rings. The standard InChI is InChI=1S/C14H14Br2O3/c1-3-7-4-5-8-11-9(14(11,15)16)6-19-12(8)10(7)13(17)18-2/h4-5,9,11H,3,6H2,1-2H3/t9-,11+/m1/s1. The first-order valence-corrected chi connectivity index (χ1v) is 7.85. The number of carbonyl (C=O) groups is 1. The van der Waals surface area contributed by atoms with Gasteiger partial charge in [0.25, 0.3) is 0 Å². The van der Waals surface area contributed by atoms with Crippen LogP contribution in [0.4, 0.5) is 0 Å². The second-order valence-electron chi connectivity index (χ2n) is 4.93. The van der Waals surface area contributed by atoms with Gasteiger partial charge in [-0.25, -0.2) is 4.79 Å². The summed E-state index contributed by atoms with van der Waals surface area (Å²) >= 11 is 7.37. The Balaban J connectivity index is 2.14. The number of carbonyl (C=O) groups excluding carboxylic acids is 1. The van der Waals surface area contributed by atoms with Crippen molar-refractivity contribution in [2.75, 3.05) is 13.7 Å². The van der Waals surface area contributed by atoms with Crippen LogP contribution in [0.5, 0.6) is 5.75 Å². The van der Waals surface area contributed by atoms with Crippen LogP contribution in [0, 0.1) is 5.92 Å². The van der Waals surface area contributed by atoms with E-state index < -0.39 is 0 Å². The van der Waals surface area contributed by atoms with Gasteiger partial charge in [-0.05, 0) is 12.0 Å². The van der Waals surface area contributed by atoms with Crippen molar-refractivity contribution in [2.45, 2.75) is 22.5 Å². The van der Waals surface area contributed by atoms with Crippen molar-refractivity contribution in [1.82, 2.24) is 0 Å². The van der Waals surface area contributed by atoms with Gasteiger partial charge in [-0.2, -0.15) is 0 Å². The molecule has 1 saturated carbocycles. The highest BCUT2D eigenvalue weighted by atomic mass is 79.9. The first kappa shape index (κ1) is 13.4. The number of alkyl halides is 2. The largest absolute Gasteiger partial charge is 0.492 e. The fraction of sp³-hybridized carbons (Fsp3) is 0.500. The van der Waals surface area contributed by atoms with E-state index in [-0.39, 0.29) is 9.20 Å². The summed E-state index contributed by atoms with van der Waals surface area (Å²) in [7, 11) is 1.41. The predicted molar refractivity (Wildman–Crippen MR) is 79.5 cm³/mol. The van der Waals surface area contributed by atoms with Crippen molar-refractivity contribution in [2.24, 2.45) is 5.92 Å². The number of aryl methyl sites for hydroxylation is 1. The molecule has 1 aromatic carbocycles. The van der Waals surface area contributed by atoms with Gasteiger partial charge in [0.2, 0.25) is 0 Å². The van der Waals surface area contributed by atoms with Gasteiger partial charge >= 0.3 is 5.97 Å².